The molecule has 1 unspecified atom stereocenters. The molecule has 3 N–H and O–H groups in total. The minimum atomic E-state index is -0.233. The Labute approximate surface area is 236 Å². The van der Waals surface area contributed by atoms with E-state index in [1.807, 2.05) is 0 Å². The average molecular weight is 545 g/mol. The van der Waals surface area contributed by atoms with Gasteiger partial charge in [-0.2, -0.15) is 0 Å². The van der Waals surface area contributed by atoms with Gasteiger partial charge in [0.25, 0.3) is 0 Å². The molecule has 0 spiro atoms. The Hall–Kier alpha value is -2.38. The Morgan fingerprint density at radius 1 is 0.923 bits per heavy atom. The minimum absolute atomic E-state index is 0.218. The van der Waals surface area contributed by atoms with E-state index in [2.05, 4.69) is 56.5 Å². The van der Waals surface area contributed by atoms with Gasteiger partial charge in [0.15, 0.2) is 0 Å². The second kappa shape index (κ2) is 24.6. The molecule has 0 saturated heterocycles. The molecule has 220 valence electrons. The number of carbonyl (C=O) groups excluding carboxylic acids is 2. The Bertz CT molecular complexity index is 786. The number of rotatable bonds is 16. The lowest BCUT2D eigenvalue weighted by molar-refractivity contribution is -0.106. The molecule has 1 aliphatic rings. The topological polar surface area (TPSA) is 104 Å². The minimum Gasteiger partial charge on any atom is -0.396 e. The van der Waals surface area contributed by atoms with Crippen LogP contribution in [0.15, 0.2) is 54.6 Å². The highest BCUT2D eigenvalue weighted by molar-refractivity contribution is 5.72. The van der Waals surface area contributed by atoms with Crippen molar-refractivity contribution in [3.63, 3.8) is 0 Å². The zero-order valence-corrected chi connectivity index (χ0v) is 24.2. The highest BCUT2D eigenvalue weighted by atomic mass is 16.5. The molecule has 1 saturated carbocycles. The fourth-order valence-corrected chi connectivity index (χ4v) is 4.41. The quantitative estimate of drug-likeness (QED) is 0.139. The first kappa shape index (κ1) is 36.6. The third kappa shape index (κ3) is 18.5. The molecular formula is C33H52O6. The Kier molecular flexibility index (Phi) is 23.1. The van der Waals surface area contributed by atoms with E-state index in [-0.39, 0.29) is 31.0 Å². The third-order valence-corrected chi connectivity index (χ3v) is 6.95. The lowest BCUT2D eigenvalue weighted by atomic mass is 9.76. The highest BCUT2D eigenvalue weighted by Crippen LogP contribution is 2.34. The van der Waals surface area contributed by atoms with Crippen LogP contribution in [-0.4, -0.2) is 61.4 Å². The van der Waals surface area contributed by atoms with Crippen LogP contribution in [0.4, 0.5) is 0 Å². The number of carbonyl (C=O) groups is 2. The van der Waals surface area contributed by atoms with Crippen molar-refractivity contribution >= 4 is 18.6 Å². The molecule has 6 nitrogen and oxygen atoms in total. The number of aliphatic hydroxyl groups is 3. The maximum absolute atomic E-state index is 9.55. The molecule has 0 amide bonds. The van der Waals surface area contributed by atoms with Crippen molar-refractivity contribution in [1.29, 1.82) is 0 Å². The summed E-state index contributed by atoms with van der Waals surface area (Å²) in [5.41, 5.74) is 3.22. The van der Waals surface area contributed by atoms with Gasteiger partial charge in [-0.15, -0.1) is 0 Å². The van der Waals surface area contributed by atoms with Crippen molar-refractivity contribution in [2.45, 2.75) is 71.1 Å². The van der Waals surface area contributed by atoms with Crippen LogP contribution in [0.2, 0.25) is 0 Å². The first-order valence-corrected chi connectivity index (χ1v) is 14.2. The number of benzene rings is 1. The number of allylic oxidation sites excluding steroid dienone is 1. The van der Waals surface area contributed by atoms with Crippen LogP contribution < -0.4 is 0 Å². The van der Waals surface area contributed by atoms with Crippen LogP contribution in [-0.2, 0) is 20.7 Å². The fourth-order valence-electron chi connectivity index (χ4n) is 4.41. The van der Waals surface area contributed by atoms with Crippen molar-refractivity contribution in [1.82, 2.24) is 0 Å². The van der Waals surface area contributed by atoms with E-state index in [4.69, 9.17) is 14.9 Å². The molecule has 39 heavy (non-hydrogen) atoms. The number of hydrogen-bond acceptors (Lipinski definition) is 6. The summed E-state index contributed by atoms with van der Waals surface area (Å²) in [5, 5.41) is 25.6. The van der Waals surface area contributed by atoms with Crippen molar-refractivity contribution in [2.24, 2.45) is 17.8 Å². The highest BCUT2D eigenvalue weighted by Gasteiger charge is 2.26. The molecule has 1 aromatic carbocycles. The predicted molar refractivity (Wildman–Crippen MR) is 160 cm³/mol. The zero-order valence-electron chi connectivity index (χ0n) is 24.2. The number of ether oxygens (including phenoxy) is 1. The van der Waals surface area contributed by atoms with Gasteiger partial charge in [-0.1, -0.05) is 82.2 Å². The smallest absolute Gasteiger partial charge is 0.147 e. The maximum Gasteiger partial charge on any atom is 0.147 e. The van der Waals surface area contributed by atoms with E-state index in [9.17, 15) is 14.7 Å². The first-order valence-electron chi connectivity index (χ1n) is 14.2. The van der Waals surface area contributed by atoms with Crippen LogP contribution in [0.5, 0.6) is 0 Å². The van der Waals surface area contributed by atoms with Crippen LogP contribution in [0, 0.1) is 17.8 Å². The van der Waals surface area contributed by atoms with Crippen molar-refractivity contribution in [3.8, 4) is 0 Å². The van der Waals surface area contributed by atoms with Gasteiger partial charge >= 0.3 is 0 Å². The number of aryl methyl sites for hydroxylation is 1. The fraction of sp³-hybridized carbons (Fsp3) is 0.576. The number of aldehydes is 2. The normalized spacial score (nSPS) is 17.3. The maximum atomic E-state index is 9.55. The van der Waals surface area contributed by atoms with Crippen molar-refractivity contribution in [3.05, 3.63) is 65.8 Å². The SMILES string of the molecule is C=C(C=O)CO.C=C(C=O)CO.CCCCCCCc1ccc(/C=C/C2CCC(C(CO)COC)CC2)cc1. The monoisotopic (exact) mass is 544 g/mol. The number of unbranched alkanes of at least 4 members (excludes halogenated alkanes) is 4. The van der Waals surface area contributed by atoms with Crippen LogP contribution in [0.3, 0.4) is 0 Å². The lowest BCUT2D eigenvalue weighted by Gasteiger charge is -2.31. The van der Waals surface area contributed by atoms with E-state index < -0.39 is 0 Å². The molecule has 0 aliphatic heterocycles. The Morgan fingerprint density at radius 3 is 1.92 bits per heavy atom. The van der Waals surface area contributed by atoms with Crippen molar-refractivity contribution in [2.75, 3.05) is 33.5 Å². The van der Waals surface area contributed by atoms with Gasteiger partial charge in [0.05, 0.1) is 19.8 Å². The van der Waals surface area contributed by atoms with Gasteiger partial charge in [-0.25, -0.2) is 0 Å². The predicted octanol–water partition coefficient (Wildman–Crippen LogP) is 5.74. The molecule has 1 aliphatic carbocycles. The number of aliphatic hydroxyl groups excluding tert-OH is 3. The summed E-state index contributed by atoms with van der Waals surface area (Å²) in [6.07, 6.45) is 18.6. The van der Waals surface area contributed by atoms with E-state index in [1.165, 1.54) is 75.3 Å². The summed E-state index contributed by atoms with van der Waals surface area (Å²) in [5.74, 6) is 1.62. The molecular weight excluding hydrogens is 492 g/mol. The summed E-state index contributed by atoms with van der Waals surface area (Å²) < 4.78 is 5.26. The van der Waals surface area contributed by atoms with E-state index in [0.29, 0.717) is 36.9 Å². The summed E-state index contributed by atoms with van der Waals surface area (Å²) >= 11 is 0. The molecule has 0 heterocycles. The molecule has 1 atom stereocenters. The van der Waals surface area contributed by atoms with Crippen LogP contribution >= 0.6 is 0 Å². The second-order valence-electron chi connectivity index (χ2n) is 10.2. The zero-order chi connectivity index (χ0) is 29.3. The Balaban J connectivity index is 0.00000100. The van der Waals surface area contributed by atoms with Gasteiger partial charge < -0.3 is 20.1 Å². The molecule has 0 aromatic heterocycles. The second-order valence-corrected chi connectivity index (χ2v) is 10.2. The lowest BCUT2D eigenvalue weighted by Crippen LogP contribution is -2.27. The first-order chi connectivity index (χ1) is 18.9. The van der Waals surface area contributed by atoms with E-state index in [0.717, 1.165) is 0 Å². The molecule has 1 fully saturated rings. The largest absolute Gasteiger partial charge is 0.396 e. The standard InChI is InChI=1S/C25H40O2.2C4H6O2/c1-3-4-5-6-7-8-21-9-11-22(12-10-21)13-14-23-15-17-24(18-16-23)25(19-26)20-27-2;2*1-4(2-5)3-6/h9-14,23-26H,3-8,15-20H2,1-2H3;2*2,6H,1,3H2/b14-13+;;. The average Bonchev–Trinajstić information content (AvgIpc) is 2.99. The number of hydrogen-bond donors (Lipinski definition) is 3. The van der Waals surface area contributed by atoms with Crippen LogP contribution in [0.25, 0.3) is 6.08 Å². The molecule has 1 aromatic rings. The molecule has 6 heteroatoms. The summed E-state index contributed by atoms with van der Waals surface area (Å²) in [6, 6.07) is 9.13. The van der Waals surface area contributed by atoms with Gasteiger partial charge in [-0.05, 0) is 61.5 Å². The van der Waals surface area contributed by atoms with Gasteiger partial charge in [0.1, 0.15) is 12.6 Å². The summed E-state index contributed by atoms with van der Waals surface area (Å²) in [7, 11) is 1.73. The van der Waals surface area contributed by atoms with Gasteiger partial charge in [0.2, 0.25) is 0 Å². The van der Waals surface area contributed by atoms with Crippen molar-refractivity contribution < 1.29 is 29.6 Å². The molecule has 0 bridgehead atoms. The third-order valence-electron chi connectivity index (χ3n) is 6.95. The van der Waals surface area contributed by atoms with Gasteiger partial charge in [0, 0.05) is 30.8 Å². The molecule has 0 radical (unpaired) electrons. The van der Waals surface area contributed by atoms with Crippen LogP contribution in [0.1, 0.15) is 75.8 Å². The van der Waals surface area contributed by atoms with E-state index in [1.54, 1.807) is 7.11 Å². The summed E-state index contributed by atoms with van der Waals surface area (Å²) in [6.45, 7) is 9.09. The van der Waals surface area contributed by atoms with E-state index >= 15 is 0 Å². The summed E-state index contributed by atoms with van der Waals surface area (Å²) in [4.78, 5) is 19.0. The number of methoxy groups -OCH3 is 1. The molecule has 2 rings (SSSR count). The van der Waals surface area contributed by atoms with Gasteiger partial charge in [-0.3, -0.25) is 9.59 Å². The Morgan fingerprint density at radius 2 is 1.49 bits per heavy atom.